The summed E-state index contributed by atoms with van der Waals surface area (Å²) in [4.78, 5) is 4.37. The van der Waals surface area contributed by atoms with Gasteiger partial charge >= 0.3 is 0 Å². The van der Waals surface area contributed by atoms with Gasteiger partial charge in [-0.15, -0.1) is 11.3 Å². The molecule has 0 aliphatic carbocycles. The van der Waals surface area contributed by atoms with E-state index in [0.717, 1.165) is 29.4 Å². The molecule has 6 heteroatoms. The minimum absolute atomic E-state index is 0.353. The number of hydrogen-bond donors (Lipinski definition) is 2. The van der Waals surface area contributed by atoms with E-state index < -0.39 is 0 Å². The van der Waals surface area contributed by atoms with E-state index >= 15 is 0 Å². The fraction of sp³-hybridized carbons (Fsp3) is 0.250. The molecule has 0 bridgehead atoms. The number of nitrogens with zero attached hydrogens (tertiary/aromatic N) is 1. The summed E-state index contributed by atoms with van der Waals surface area (Å²) in [5.41, 5.74) is 7.92. The molecule has 1 aromatic carbocycles. The van der Waals surface area contributed by atoms with E-state index in [-0.39, 0.29) is 5.82 Å². The van der Waals surface area contributed by atoms with E-state index in [9.17, 15) is 4.39 Å². The van der Waals surface area contributed by atoms with Gasteiger partial charge in [0.05, 0.1) is 20.9 Å². The molecule has 2 aromatic rings. The number of hydrogen-bond acceptors (Lipinski definition) is 4. The highest BCUT2D eigenvalue weighted by molar-refractivity contribution is 9.10. The van der Waals surface area contributed by atoms with Crippen LogP contribution in [0, 0.1) is 12.7 Å². The quantitative estimate of drug-likeness (QED) is 0.843. The number of benzene rings is 1. The highest BCUT2D eigenvalue weighted by Crippen LogP contribution is 2.26. The van der Waals surface area contributed by atoms with Gasteiger partial charge in [-0.25, -0.2) is 9.37 Å². The van der Waals surface area contributed by atoms with Gasteiger partial charge < -0.3 is 11.1 Å². The molecule has 0 amide bonds. The number of anilines is 2. The first-order valence-corrected chi connectivity index (χ1v) is 7.13. The fourth-order valence-corrected chi connectivity index (χ4v) is 2.66. The number of rotatable bonds is 4. The molecule has 0 radical (unpaired) electrons. The Bertz CT molecular complexity index is 556. The molecule has 0 aliphatic rings. The van der Waals surface area contributed by atoms with Crippen molar-refractivity contribution in [3.8, 4) is 0 Å². The van der Waals surface area contributed by atoms with E-state index in [1.807, 2.05) is 12.3 Å². The van der Waals surface area contributed by atoms with Crippen molar-refractivity contribution < 1.29 is 4.39 Å². The Morgan fingerprint density at radius 1 is 1.50 bits per heavy atom. The number of aryl methyl sites for hydroxylation is 1. The second-order valence-electron chi connectivity index (χ2n) is 3.91. The van der Waals surface area contributed by atoms with Crippen molar-refractivity contribution in [2.24, 2.45) is 0 Å². The molecule has 0 spiro atoms. The number of nitrogens with two attached hydrogens (primary N) is 1. The second-order valence-corrected chi connectivity index (χ2v) is 5.71. The Hall–Kier alpha value is -1.14. The summed E-state index contributed by atoms with van der Waals surface area (Å²) < 4.78 is 13.6. The van der Waals surface area contributed by atoms with Gasteiger partial charge in [0.25, 0.3) is 0 Å². The summed E-state index contributed by atoms with van der Waals surface area (Å²) in [6.45, 7) is 2.69. The average Bonchev–Trinajstić information content (AvgIpc) is 2.71. The average molecular weight is 330 g/mol. The summed E-state index contributed by atoms with van der Waals surface area (Å²) in [6, 6.07) is 2.96. The molecule has 18 heavy (non-hydrogen) atoms. The third-order valence-electron chi connectivity index (χ3n) is 2.41. The predicted molar refractivity (Wildman–Crippen MR) is 77.6 cm³/mol. The largest absolute Gasteiger partial charge is 0.397 e. The zero-order chi connectivity index (χ0) is 13.1. The number of halogens is 2. The molecule has 1 aromatic heterocycles. The van der Waals surface area contributed by atoms with Crippen LogP contribution in [0.4, 0.5) is 15.8 Å². The molecule has 0 saturated heterocycles. The highest BCUT2D eigenvalue weighted by Gasteiger charge is 2.06. The van der Waals surface area contributed by atoms with Crippen LogP contribution in [0.15, 0.2) is 22.0 Å². The summed E-state index contributed by atoms with van der Waals surface area (Å²) in [6.07, 6.45) is 0.826. The van der Waals surface area contributed by atoms with E-state index in [1.165, 1.54) is 6.07 Å². The molecule has 0 aliphatic heterocycles. The van der Waals surface area contributed by atoms with E-state index in [1.54, 1.807) is 17.4 Å². The van der Waals surface area contributed by atoms with Crippen LogP contribution in [-0.2, 0) is 6.42 Å². The monoisotopic (exact) mass is 329 g/mol. The number of nitrogen functional groups attached to an aromatic ring is 1. The van der Waals surface area contributed by atoms with Crippen molar-refractivity contribution >= 4 is 38.6 Å². The third kappa shape index (κ3) is 3.20. The maximum absolute atomic E-state index is 13.2. The van der Waals surface area contributed by atoms with Gasteiger partial charge in [-0.05, 0) is 28.9 Å². The van der Waals surface area contributed by atoms with Crippen molar-refractivity contribution in [1.29, 1.82) is 0 Å². The molecule has 96 valence electrons. The van der Waals surface area contributed by atoms with E-state index in [4.69, 9.17) is 5.73 Å². The molecule has 1 heterocycles. The normalized spacial score (nSPS) is 10.6. The first-order valence-electron chi connectivity index (χ1n) is 5.45. The Morgan fingerprint density at radius 3 is 2.94 bits per heavy atom. The summed E-state index contributed by atoms with van der Waals surface area (Å²) in [7, 11) is 0. The fourth-order valence-electron chi connectivity index (χ4n) is 1.54. The van der Waals surface area contributed by atoms with Crippen LogP contribution >= 0.6 is 27.3 Å². The van der Waals surface area contributed by atoms with Gasteiger partial charge in [-0.3, -0.25) is 0 Å². The van der Waals surface area contributed by atoms with Crippen LogP contribution < -0.4 is 11.1 Å². The maximum Gasteiger partial charge on any atom is 0.139 e. The highest BCUT2D eigenvalue weighted by atomic mass is 79.9. The van der Waals surface area contributed by atoms with Crippen molar-refractivity contribution in [2.75, 3.05) is 17.6 Å². The van der Waals surface area contributed by atoms with Gasteiger partial charge in [0, 0.05) is 30.1 Å². The Labute approximate surface area is 117 Å². The Balaban J connectivity index is 1.96. The molecule has 0 unspecified atom stereocenters. The molecule has 3 nitrogen and oxygen atoms in total. The third-order valence-corrected chi connectivity index (χ3v) is 4.05. The van der Waals surface area contributed by atoms with Crippen molar-refractivity contribution in [2.45, 2.75) is 13.3 Å². The summed E-state index contributed by atoms with van der Waals surface area (Å²) in [5, 5.41) is 6.29. The summed E-state index contributed by atoms with van der Waals surface area (Å²) >= 11 is 4.78. The molecule has 3 N–H and O–H groups in total. The van der Waals surface area contributed by atoms with Crippen LogP contribution in [0.3, 0.4) is 0 Å². The SMILES string of the molecule is Cc1csc(CCNc2cc(Br)c(F)cc2N)n1. The lowest BCUT2D eigenvalue weighted by Gasteiger charge is -2.09. The van der Waals surface area contributed by atoms with Crippen molar-refractivity contribution in [3.05, 3.63) is 38.5 Å². The van der Waals surface area contributed by atoms with Crippen LogP contribution in [0.25, 0.3) is 0 Å². The van der Waals surface area contributed by atoms with E-state index in [2.05, 4.69) is 26.2 Å². The minimum atomic E-state index is -0.353. The van der Waals surface area contributed by atoms with Gasteiger partial charge in [0.1, 0.15) is 5.82 Å². The van der Waals surface area contributed by atoms with Crippen molar-refractivity contribution in [1.82, 2.24) is 4.98 Å². The first kappa shape index (κ1) is 13.3. The molecule has 0 saturated carbocycles. The molecular formula is C12H13BrFN3S. The number of nitrogens with one attached hydrogen (secondary N) is 1. The molecule has 0 atom stereocenters. The number of aromatic nitrogens is 1. The standard InChI is InChI=1S/C12H13BrFN3S/c1-7-6-18-12(17-7)2-3-16-11-4-8(13)9(14)5-10(11)15/h4-6,16H,2-3,15H2,1H3. The van der Waals surface area contributed by atoms with Gasteiger partial charge in [0.2, 0.25) is 0 Å². The lowest BCUT2D eigenvalue weighted by molar-refractivity contribution is 0.622. The minimum Gasteiger partial charge on any atom is -0.397 e. The molecule has 0 fully saturated rings. The van der Waals surface area contributed by atoms with Crippen LogP contribution in [0.2, 0.25) is 0 Å². The Morgan fingerprint density at radius 2 is 2.28 bits per heavy atom. The Kier molecular flexibility index (Phi) is 4.19. The molecular weight excluding hydrogens is 317 g/mol. The zero-order valence-electron chi connectivity index (χ0n) is 9.84. The van der Waals surface area contributed by atoms with Gasteiger partial charge in [-0.1, -0.05) is 0 Å². The van der Waals surface area contributed by atoms with Crippen LogP contribution in [0.1, 0.15) is 10.7 Å². The lowest BCUT2D eigenvalue weighted by Crippen LogP contribution is -2.07. The molecule has 2 rings (SSSR count). The van der Waals surface area contributed by atoms with E-state index in [0.29, 0.717) is 10.2 Å². The van der Waals surface area contributed by atoms with Crippen LogP contribution in [0.5, 0.6) is 0 Å². The maximum atomic E-state index is 13.2. The summed E-state index contributed by atoms with van der Waals surface area (Å²) in [5.74, 6) is -0.353. The van der Waals surface area contributed by atoms with Gasteiger partial charge in [0.15, 0.2) is 0 Å². The predicted octanol–water partition coefficient (Wildman–Crippen LogP) is 3.59. The van der Waals surface area contributed by atoms with Crippen LogP contribution in [-0.4, -0.2) is 11.5 Å². The second kappa shape index (κ2) is 5.67. The zero-order valence-corrected chi connectivity index (χ0v) is 12.2. The smallest absolute Gasteiger partial charge is 0.139 e. The van der Waals surface area contributed by atoms with Gasteiger partial charge in [-0.2, -0.15) is 0 Å². The van der Waals surface area contributed by atoms with Crippen molar-refractivity contribution in [3.63, 3.8) is 0 Å². The lowest BCUT2D eigenvalue weighted by atomic mass is 10.2. The number of thiazole rings is 1. The topological polar surface area (TPSA) is 50.9 Å². The first-order chi connectivity index (χ1) is 8.56.